The van der Waals surface area contributed by atoms with Crippen LogP contribution in [0.2, 0.25) is 0 Å². The summed E-state index contributed by atoms with van der Waals surface area (Å²) in [5.41, 5.74) is -0.551. The van der Waals surface area contributed by atoms with E-state index in [9.17, 15) is 5.11 Å². The van der Waals surface area contributed by atoms with E-state index in [4.69, 9.17) is 0 Å². The summed E-state index contributed by atoms with van der Waals surface area (Å²) in [6, 6.07) is 0.874. The Kier molecular flexibility index (Phi) is 2.02. The number of rotatable bonds is 1. The first kappa shape index (κ1) is 8.02. The number of hydrogen-bond acceptors (Lipinski definition) is 2. The molecular weight excluding hydrogens is 126 g/mol. The van der Waals surface area contributed by atoms with E-state index in [0.717, 1.165) is 6.42 Å². The fourth-order valence-corrected chi connectivity index (χ4v) is 1.48. The lowest BCUT2D eigenvalue weighted by Gasteiger charge is -2.25. The van der Waals surface area contributed by atoms with Crippen molar-refractivity contribution in [2.45, 2.75) is 51.3 Å². The Labute approximate surface area is 62.6 Å². The average molecular weight is 143 g/mol. The molecule has 1 fully saturated rings. The molecule has 2 atom stereocenters. The topological polar surface area (TPSA) is 32.3 Å². The Bertz CT molecular complexity index is 117. The Balaban J connectivity index is 2.45. The van der Waals surface area contributed by atoms with Gasteiger partial charge in [-0.1, -0.05) is 0 Å². The van der Waals surface area contributed by atoms with E-state index >= 15 is 0 Å². The Morgan fingerprint density at radius 3 is 2.20 bits per heavy atom. The molecular formula is C8H17NO. The van der Waals surface area contributed by atoms with E-state index in [1.165, 1.54) is 6.42 Å². The predicted octanol–water partition coefficient (Wildman–Crippen LogP) is 0.898. The van der Waals surface area contributed by atoms with E-state index in [-0.39, 0.29) is 0 Å². The van der Waals surface area contributed by atoms with Crippen molar-refractivity contribution in [3.8, 4) is 0 Å². The van der Waals surface area contributed by atoms with Crippen LogP contribution in [-0.2, 0) is 0 Å². The molecule has 2 heteroatoms. The normalized spacial score (nSPS) is 34.8. The minimum atomic E-state index is -0.551. The molecule has 0 aromatic rings. The van der Waals surface area contributed by atoms with Gasteiger partial charge in [0.05, 0.1) is 5.60 Å². The number of hydrogen-bond donors (Lipinski definition) is 2. The summed E-state index contributed by atoms with van der Waals surface area (Å²) >= 11 is 0. The molecule has 1 aliphatic rings. The molecule has 1 saturated heterocycles. The Morgan fingerprint density at radius 1 is 1.40 bits per heavy atom. The maximum atomic E-state index is 9.57. The first-order valence-corrected chi connectivity index (χ1v) is 3.98. The highest BCUT2D eigenvalue weighted by atomic mass is 16.3. The van der Waals surface area contributed by atoms with Crippen LogP contribution in [0.25, 0.3) is 0 Å². The molecule has 0 aromatic carbocycles. The van der Waals surface area contributed by atoms with Gasteiger partial charge in [-0.2, -0.15) is 0 Å². The molecule has 2 nitrogen and oxygen atoms in total. The van der Waals surface area contributed by atoms with Gasteiger partial charge >= 0.3 is 0 Å². The SMILES string of the molecule is C[C@@H]1CC[C@@H](C(C)(C)O)N1. The second-order valence-corrected chi connectivity index (χ2v) is 3.85. The lowest BCUT2D eigenvalue weighted by atomic mass is 9.98. The van der Waals surface area contributed by atoms with Crippen molar-refractivity contribution < 1.29 is 5.11 Å². The molecule has 2 N–H and O–H groups in total. The van der Waals surface area contributed by atoms with Crippen LogP contribution in [0.15, 0.2) is 0 Å². The summed E-state index contributed by atoms with van der Waals surface area (Å²) in [7, 11) is 0. The number of aliphatic hydroxyl groups is 1. The van der Waals surface area contributed by atoms with E-state index in [2.05, 4.69) is 12.2 Å². The zero-order chi connectivity index (χ0) is 7.78. The van der Waals surface area contributed by atoms with E-state index < -0.39 is 5.60 Å². The predicted molar refractivity (Wildman–Crippen MR) is 41.9 cm³/mol. The third-order valence-corrected chi connectivity index (χ3v) is 2.23. The molecule has 1 heterocycles. The van der Waals surface area contributed by atoms with Crippen molar-refractivity contribution in [1.29, 1.82) is 0 Å². The smallest absolute Gasteiger partial charge is 0.0744 e. The Hall–Kier alpha value is -0.0800. The van der Waals surface area contributed by atoms with Crippen LogP contribution in [0, 0.1) is 0 Å². The third kappa shape index (κ3) is 1.70. The largest absolute Gasteiger partial charge is 0.389 e. The molecule has 0 bridgehead atoms. The summed E-state index contributed by atoms with van der Waals surface area (Å²) in [5, 5.41) is 12.9. The third-order valence-electron chi connectivity index (χ3n) is 2.23. The molecule has 0 aliphatic carbocycles. The molecule has 0 spiro atoms. The van der Waals surface area contributed by atoms with Gasteiger partial charge in [-0.15, -0.1) is 0 Å². The first-order chi connectivity index (χ1) is 4.50. The molecule has 10 heavy (non-hydrogen) atoms. The van der Waals surface area contributed by atoms with Gasteiger partial charge in [0.1, 0.15) is 0 Å². The van der Waals surface area contributed by atoms with Crippen molar-refractivity contribution >= 4 is 0 Å². The van der Waals surface area contributed by atoms with Crippen LogP contribution in [0.1, 0.15) is 33.6 Å². The molecule has 60 valence electrons. The molecule has 1 rings (SSSR count). The average Bonchev–Trinajstić information content (AvgIpc) is 2.11. The Morgan fingerprint density at radius 2 is 2.00 bits per heavy atom. The fraction of sp³-hybridized carbons (Fsp3) is 1.00. The minimum Gasteiger partial charge on any atom is -0.389 e. The van der Waals surface area contributed by atoms with Crippen LogP contribution < -0.4 is 5.32 Å². The number of nitrogens with one attached hydrogen (secondary N) is 1. The zero-order valence-electron chi connectivity index (χ0n) is 7.02. The highest BCUT2D eigenvalue weighted by molar-refractivity contribution is 4.91. The molecule has 1 aliphatic heterocycles. The van der Waals surface area contributed by atoms with Crippen LogP contribution >= 0.6 is 0 Å². The van der Waals surface area contributed by atoms with Crippen LogP contribution in [0.4, 0.5) is 0 Å². The van der Waals surface area contributed by atoms with E-state index in [1.54, 1.807) is 0 Å². The van der Waals surface area contributed by atoms with Gasteiger partial charge in [0.2, 0.25) is 0 Å². The van der Waals surface area contributed by atoms with Crippen molar-refractivity contribution in [2.75, 3.05) is 0 Å². The highest BCUT2D eigenvalue weighted by Gasteiger charge is 2.31. The van der Waals surface area contributed by atoms with Gasteiger partial charge in [0, 0.05) is 12.1 Å². The minimum absolute atomic E-state index is 0.294. The van der Waals surface area contributed by atoms with Crippen molar-refractivity contribution in [3.63, 3.8) is 0 Å². The maximum Gasteiger partial charge on any atom is 0.0744 e. The molecule has 0 radical (unpaired) electrons. The van der Waals surface area contributed by atoms with Gasteiger partial charge in [-0.3, -0.25) is 0 Å². The first-order valence-electron chi connectivity index (χ1n) is 3.98. The second-order valence-electron chi connectivity index (χ2n) is 3.85. The standard InChI is InChI=1S/C8H17NO/c1-6-4-5-7(9-6)8(2,3)10/h6-7,9-10H,4-5H2,1-3H3/t6-,7+/m1/s1. The second kappa shape index (κ2) is 2.51. The zero-order valence-corrected chi connectivity index (χ0v) is 7.02. The van der Waals surface area contributed by atoms with E-state index in [1.807, 2.05) is 13.8 Å². The lowest BCUT2D eigenvalue weighted by Crippen LogP contribution is -2.44. The summed E-state index contributed by atoms with van der Waals surface area (Å²) in [4.78, 5) is 0. The van der Waals surface area contributed by atoms with Crippen LogP contribution in [0.3, 0.4) is 0 Å². The van der Waals surface area contributed by atoms with Gasteiger partial charge in [-0.05, 0) is 33.6 Å². The van der Waals surface area contributed by atoms with Crippen LogP contribution in [0.5, 0.6) is 0 Å². The molecule has 0 amide bonds. The van der Waals surface area contributed by atoms with Crippen molar-refractivity contribution in [1.82, 2.24) is 5.32 Å². The molecule has 0 unspecified atom stereocenters. The summed E-state index contributed by atoms with van der Waals surface area (Å²) in [5.74, 6) is 0. The van der Waals surface area contributed by atoms with Crippen molar-refractivity contribution in [2.24, 2.45) is 0 Å². The quantitative estimate of drug-likeness (QED) is 0.571. The summed E-state index contributed by atoms with van der Waals surface area (Å²) in [6.07, 6.45) is 2.29. The van der Waals surface area contributed by atoms with Crippen molar-refractivity contribution in [3.05, 3.63) is 0 Å². The van der Waals surface area contributed by atoms with Gasteiger partial charge in [0.15, 0.2) is 0 Å². The highest BCUT2D eigenvalue weighted by Crippen LogP contribution is 2.21. The van der Waals surface area contributed by atoms with E-state index in [0.29, 0.717) is 12.1 Å². The van der Waals surface area contributed by atoms with Gasteiger partial charge < -0.3 is 10.4 Å². The monoisotopic (exact) mass is 143 g/mol. The molecule has 0 aromatic heterocycles. The van der Waals surface area contributed by atoms with Gasteiger partial charge in [0.25, 0.3) is 0 Å². The fourth-order valence-electron chi connectivity index (χ4n) is 1.48. The van der Waals surface area contributed by atoms with Crippen LogP contribution in [-0.4, -0.2) is 22.8 Å². The lowest BCUT2D eigenvalue weighted by molar-refractivity contribution is 0.0435. The summed E-state index contributed by atoms with van der Waals surface area (Å²) < 4.78 is 0. The summed E-state index contributed by atoms with van der Waals surface area (Å²) in [6.45, 7) is 5.89. The maximum absolute atomic E-state index is 9.57. The van der Waals surface area contributed by atoms with Gasteiger partial charge in [-0.25, -0.2) is 0 Å². The molecule has 0 saturated carbocycles.